The molecule has 1 aliphatic heterocycles. The van der Waals surface area contributed by atoms with Crippen molar-refractivity contribution < 1.29 is 4.90 Å². The highest BCUT2D eigenvalue weighted by Gasteiger charge is 2.31. The monoisotopic (exact) mass is 224 g/mol. The molecule has 5 atom stereocenters. The molecule has 1 heterocycles. The van der Waals surface area contributed by atoms with Crippen molar-refractivity contribution in [3.63, 3.8) is 0 Å². The molecule has 0 amide bonds. The summed E-state index contributed by atoms with van der Waals surface area (Å²) in [7, 11) is 0. The van der Waals surface area contributed by atoms with Crippen LogP contribution in [0.3, 0.4) is 0 Å². The molecule has 1 aliphatic carbocycles. The van der Waals surface area contributed by atoms with Crippen LogP contribution in [0.5, 0.6) is 0 Å². The highest BCUT2D eigenvalue weighted by atomic mass is 15.2. The maximum Gasteiger partial charge on any atom is 0.0848 e. The van der Waals surface area contributed by atoms with Crippen molar-refractivity contribution in [1.29, 1.82) is 0 Å². The van der Waals surface area contributed by atoms with Crippen molar-refractivity contribution in [2.24, 2.45) is 17.8 Å². The molecule has 2 fully saturated rings. The second kappa shape index (κ2) is 5.53. The number of likely N-dealkylation sites (tertiary alicyclic amines) is 1. The van der Waals surface area contributed by atoms with Gasteiger partial charge in [0.05, 0.1) is 19.1 Å². The van der Waals surface area contributed by atoms with E-state index in [9.17, 15) is 0 Å². The quantitative estimate of drug-likeness (QED) is 0.735. The van der Waals surface area contributed by atoms with Crippen molar-refractivity contribution in [3.8, 4) is 0 Å². The summed E-state index contributed by atoms with van der Waals surface area (Å²) in [5.74, 6) is 3.00. The molecule has 0 aromatic rings. The van der Waals surface area contributed by atoms with E-state index in [1.165, 1.54) is 51.6 Å². The van der Waals surface area contributed by atoms with Gasteiger partial charge in [0.25, 0.3) is 0 Å². The Labute approximate surface area is 102 Å². The summed E-state index contributed by atoms with van der Waals surface area (Å²) in [6.45, 7) is 10.3. The SMILES string of the molecule is CC1CC[NH+](CC2CCCCC2C)C(C)C1. The Kier molecular flexibility index (Phi) is 4.29. The molecular weight excluding hydrogens is 194 g/mol. The molecule has 1 saturated heterocycles. The van der Waals surface area contributed by atoms with Gasteiger partial charge in [-0.3, -0.25) is 0 Å². The number of nitrogens with one attached hydrogen (secondary N) is 1. The summed E-state index contributed by atoms with van der Waals surface area (Å²) in [5.41, 5.74) is 0. The Morgan fingerprint density at radius 3 is 2.44 bits per heavy atom. The van der Waals surface area contributed by atoms with Gasteiger partial charge in [-0.25, -0.2) is 0 Å². The van der Waals surface area contributed by atoms with Gasteiger partial charge in [0.2, 0.25) is 0 Å². The molecule has 16 heavy (non-hydrogen) atoms. The Morgan fingerprint density at radius 2 is 1.75 bits per heavy atom. The van der Waals surface area contributed by atoms with E-state index in [-0.39, 0.29) is 0 Å². The van der Waals surface area contributed by atoms with E-state index in [4.69, 9.17) is 0 Å². The van der Waals surface area contributed by atoms with Crippen LogP contribution >= 0.6 is 0 Å². The van der Waals surface area contributed by atoms with E-state index >= 15 is 0 Å². The average Bonchev–Trinajstić information content (AvgIpc) is 2.25. The van der Waals surface area contributed by atoms with Gasteiger partial charge in [0.15, 0.2) is 0 Å². The van der Waals surface area contributed by atoms with Crippen LogP contribution in [-0.2, 0) is 0 Å². The van der Waals surface area contributed by atoms with Crippen LogP contribution in [0.25, 0.3) is 0 Å². The lowest BCUT2D eigenvalue weighted by atomic mass is 9.79. The first-order valence-corrected chi connectivity index (χ1v) is 7.51. The Balaban J connectivity index is 1.83. The summed E-state index contributed by atoms with van der Waals surface area (Å²) in [4.78, 5) is 1.91. The van der Waals surface area contributed by atoms with E-state index in [0.29, 0.717) is 0 Å². The van der Waals surface area contributed by atoms with Crippen LogP contribution in [0.1, 0.15) is 59.3 Å². The molecule has 0 bridgehead atoms. The fraction of sp³-hybridized carbons (Fsp3) is 1.00. The standard InChI is InChI=1S/C15H29N/c1-12-8-9-16(14(3)10-12)11-15-7-5-4-6-13(15)2/h12-15H,4-11H2,1-3H3/p+1. The van der Waals surface area contributed by atoms with Gasteiger partial charge in [-0.05, 0) is 31.6 Å². The smallest absolute Gasteiger partial charge is 0.0848 e. The summed E-state index contributed by atoms with van der Waals surface area (Å²) < 4.78 is 0. The third-order valence-electron chi connectivity index (χ3n) is 5.22. The molecular formula is C15H30N+. The highest BCUT2D eigenvalue weighted by molar-refractivity contribution is 4.72. The van der Waals surface area contributed by atoms with Crippen molar-refractivity contribution in [2.45, 2.75) is 65.3 Å². The number of hydrogen-bond donors (Lipinski definition) is 1. The Morgan fingerprint density at radius 1 is 1.00 bits per heavy atom. The topological polar surface area (TPSA) is 4.44 Å². The number of rotatable bonds is 2. The van der Waals surface area contributed by atoms with Crippen molar-refractivity contribution in [3.05, 3.63) is 0 Å². The molecule has 0 aromatic carbocycles. The first-order valence-electron chi connectivity index (χ1n) is 7.51. The van der Waals surface area contributed by atoms with Gasteiger partial charge >= 0.3 is 0 Å². The molecule has 5 unspecified atom stereocenters. The molecule has 2 aliphatic rings. The van der Waals surface area contributed by atoms with Crippen molar-refractivity contribution in [1.82, 2.24) is 0 Å². The summed E-state index contributed by atoms with van der Waals surface area (Å²) in [6, 6.07) is 0.915. The molecule has 0 aromatic heterocycles. The number of quaternary nitrogens is 1. The predicted octanol–water partition coefficient (Wildman–Crippen LogP) is 2.52. The minimum atomic E-state index is 0.915. The van der Waals surface area contributed by atoms with E-state index in [0.717, 1.165) is 23.8 Å². The zero-order chi connectivity index (χ0) is 11.5. The third-order valence-corrected chi connectivity index (χ3v) is 5.22. The number of hydrogen-bond acceptors (Lipinski definition) is 0. The Bertz CT molecular complexity index is 213. The summed E-state index contributed by atoms with van der Waals surface area (Å²) in [6.07, 6.45) is 8.89. The van der Waals surface area contributed by atoms with Gasteiger partial charge in [0, 0.05) is 12.3 Å². The van der Waals surface area contributed by atoms with E-state index in [2.05, 4.69) is 20.8 Å². The Hall–Kier alpha value is -0.0400. The zero-order valence-corrected chi connectivity index (χ0v) is 11.5. The third kappa shape index (κ3) is 3.00. The van der Waals surface area contributed by atoms with Crippen LogP contribution < -0.4 is 4.90 Å². The summed E-state index contributed by atoms with van der Waals surface area (Å²) >= 11 is 0. The highest BCUT2D eigenvalue weighted by Crippen LogP contribution is 2.28. The van der Waals surface area contributed by atoms with E-state index in [1.54, 1.807) is 0 Å². The van der Waals surface area contributed by atoms with Crippen LogP contribution in [0.15, 0.2) is 0 Å². The molecule has 1 N–H and O–H groups in total. The van der Waals surface area contributed by atoms with E-state index < -0.39 is 0 Å². The van der Waals surface area contributed by atoms with Gasteiger partial charge < -0.3 is 4.90 Å². The van der Waals surface area contributed by atoms with E-state index in [1.807, 2.05) is 4.90 Å². The van der Waals surface area contributed by atoms with Crippen LogP contribution in [0.4, 0.5) is 0 Å². The molecule has 94 valence electrons. The second-order valence-electron chi connectivity index (χ2n) is 6.66. The first kappa shape index (κ1) is 12.4. The summed E-state index contributed by atoms with van der Waals surface area (Å²) in [5, 5.41) is 0. The van der Waals surface area contributed by atoms with Gasteiger partial charge in [0.1, 0.15) is 0 Å². The predicted molar refractivity (Wildman–Crippen MR) is 69.7 cm³/mol. The first-order chi connectivity index (χ1) is 7.66. The largest absolute Gasteiger partial charge is 0.332 e. The molecule has 0 spiro atoms. The molecule has 2 rings (SSSR count). The van der Waals surface area contributed by atoms with Crippen LogP contribution in [-0.4, -0.2) is 19.1 Å². The lowest BCUT2D eigenvalue weighted by molar-refractivity contribution is -0.933. The van der Waals surface area contributed by atoms with Crippen LogP contribution in [0.2, 0.25) is 0 Å². The molecule has 1 saturated carbocycles. The van der Waals surface area contributed by atoms with Crippen molar-refractivity contribution in [2.75, 3.05) is 13.1 Å². The maximum absolute atomic E-state index is 2.49. The molecule has 1 heteroatoms. The van der Waals surface area contributed by atoms with Crippen molar-refractivity contribution >= 4 is 0 Å². The lowest BCUT2D eigenvalue weighted by Crippen LogP contribution is -3.17. The second-order valence-corrected chi connectivity index (χ2v) is 6.66. The fourth-order valence-corrected chi connectivity index (χ4v) is 3.90. The molecule has 0 radical (unpaired) electrons. The molecule has 1 nitrogen and oxygen atoms in total. The minimum absolute atomic E-state index is 0.915. The average molecular weight is 224 g/mol. The van der Waals surface area contributed by atoms with Crippen LogP contribution in [0, 0.1) is 17.8 Å². The van der Waals surface area contributed by atoms with Gasteiger partial charge in [-0.2, -0.15) is 0 Å². The lowest BCUT2D eigenvalue weighted by Gasteiger charge is -2.38. The number of piperidine rings is 1. The maximum atomic E-state index is 2.49. The van der Waals surface area contributed by atoms with Gasteiger partial charge in [-0.15, -0.1) is 0 Å². The zero-order valence-electron chi connectivity index (χ0n) is 11.5. The fourth-order valence-electron chi connectivity index (χ4n) is 3.90. The normalized spacial score (nSPS) is 45.6. The van der Waals surface area contributed by atoms with Gasteiger partial charge in [-0.1, -0.05) is 33.1 Å². The minimum Gasteiger partial charge on any atom is -0.332 e.